The summed E-state index contributed by atoms with van der Waals surface area (Å²) in [6.07, 6.45) is 2.50. The molecule has 1 aliphatic carbocycles. The molecule has 0 radical (unpaired) electrons. The normalized spacial score (nSPS) is 28.9. The van der Waals surface area contributed by atoms with Crippen LogP contribution in [0.1, 0.15) is 44.7 Å². The Morgan fingerprint density at radius 2 is 1.82 bits per heavy atom. The lowest BCUT2D eigenvalue weighted by Gasteiger charge is -2.53. The quantitative estimate of drug-likeness (QED) is 0.826. The first kappa shape index (κ1) is 12.6. The van der Waals surface area contributed by atoms with Crippen LogP contribution in [0.4, 0.5) is 0 Å². The fraction of sp³-hybridized carbons (Fsp3) is 0.625. The molecule has 0 saturated heterocycles. The van der Waals surface area contributed by atoms with Crippen LogP contribution in [0.15, 0.2) is 24.3 Å². The smallest absolute Gasteiger partial charge is 0.00838 e. The summed E-state index contributed by atoms with van der Waals surface area (Å²) < 4.78 is 0. The highest BCUT2D eigenvalue weighted by molar-refractivity contribution is 5.36. The molecule has 0 bridgehead atoms. The highest BCUT2D eigenvalue weighted by Gasteiger charge is 2.48. The molecule has 2 rings (SSSR count). The fourth-order valence-corrected chi connectivity index (χ4v) is 3.16. The zero-order valence-electron chi connectivity index (χ0n) is 11.6. The van der Waals surface area contributed by atoms with Crippen molar-refractivity contribution in [3.8, 4) is 0 Å². The molecule has 0 atom stereocenters. The van der Waals surface area contributed by atoms with E-state index in [4.69, 9.17) is 5.73 Å². The van der Waals surface area contributed by atoms with Crippen LogP contribution in [0, 0.1) is 18.3 Å². The average molecular weight is 231 g/mol. The van der Waals surface area contributed by atoms with Crippen molar-refractivity contribution in [1.82, 2.24) is 0 Å². The molecule has 0 heterocycles. The molecule has 0 spiro atoms. The van der Waals surface area contributed by atoms with Gasteiger partial charge in [-0.25, -0.2) is 0 Å². The first-order valence-electron chi connectivity index (χ1n) is 6.65. The topological polar surface area (TPSA) is 26.0 Å². The van der Waals surface area contributed by atoms with Gasteiger partial charge in [0.2, 0.25) is 0 Å². The van der Waals surface area contributed by atoms with E-state index in [-0.39, 0.29) is 5.41 Å². The summed E-state index contributed by atoms with van der Waals surface area (Å²) >= 11 is 0. The van der Waals surface area contributed by atoms with E-state index in [1.54, 1.807) is 0 Å². The first-order chi connectivity index (χ1) is 7.89. The van der Waals surface area contributed by atoms with Gasteiger partial charge >= 0.3 is 0 Å². The minimum atomic E-state index is 0.253. The third-order valence-corrected chi connectivity index (χ3v) is 4.61. The molecular weight excluding hydrogens is 206 g/mol. The van der Waals surface area contributed by atoms with Crippen LogP contribution in [0.5, 0.6) is 0 Å². The predicted octanol–water partition coefficient (Wildman–Crippen LogP) is 3.65. The van der Waals surface area contributed by atoms with Crippen molar-refractivity contribution in [3.63, 3.8) is 0 Å². The second kappa shape index (κ2) is 4.13. The highest BCUT2D eigenvalue weighted by Crippen LogP contribution is 2.54. The van der Waals surface area contributed by atoms with Crippen LogP contribution in [0.3, 0.4) is 0 Å². The highest BCUT2D eigenvalue weighted by atomic mass is 14.7. The van der Waals surface area contributed by atoms with E-state index < -0.39 is 0 Å². The molecule has 0 aromatic heterocycles. The maximum Gasteiger partial charge on any atom is 0.00838 e. The summed E-state index contributed by atoms with van der Waals surface area (Å²) in [5.74, 6) is 0.811. The van der Waals surface area contributed by atoms with Gasteiger partial charge in [0, 0.05) is 12.0 Å². The van der Waals surface area contributed by atoms with Gasteiger partial charge in [-0.3, -0.25) is 0 Å². The van der Waals surface area contributed by atoms with E-state index in [0.29, 0.717) is 5.41 Å². The van der Waals surface area contributed by atoms with Gasteiger partial charge in [0.25, 0.3) is 0 Å². The Kier molecular flexibility index (Phi) is 3.07. The summed E-state index contributed by atoms with van der Waals surface area (Å²) in [7, 11) is 0. The summed E-state index contributed by atoms with van der Waals surface area (Å²) in [6, 6.07) is 8.73. The van der Waals surface area contributed by atoms with Crippen molar-refractivity contribution in [2.45, 2.75) is 46.0 Å². The van der Waals surface area contributed by atoms with Crippen molar-refractivity contribution in [2.24, 2.45) is 17.1 Å². The third kappa shape index (κ3) is 2.13. The Labute approximate surface area is 105 Å². The van der Waals surface area contributed by atoms with Crippen molar-refractivity contribution >= 4 is 0 Å². The van der Waals surface area contributed by atoms with Crippen LogP contribution in [-0.2, 0) is 5.41 Å². The van der Waals surface area contributed by atoms with Gasteiger partial charge in [-0.15, -0.1) is 0 Å². The maximum absolute atomic E-state index is 6.08. The van der Waals surface area contributed by atoms with E-state index in [9.17, 15) is 0 Å². The van der Waals surface area contributed by atoms with Crippen molar-refractivity contribution in [3.05, 3.63) is 35.4 Å². The van der Waals surface area contributed by atoms with Crippen LogP contribution >= 0.6 is 0 Å². The Morgan fingerprint density at radius 3 is 2.29 bits per heavy atom. The minimum Gasteiger partial charge on any atom is -0.330 e. The molecular formula is C16H25N. The molecule has 0 aliphatic heterocycles. The maximum atomic E-state index is 6.08. The Bertz CT molecular complexity index is 394. The first-order valence-corrected chi connectivity index (χ1v) is 6.65. The van der Waals surface area contributed by atoms with Crippen LogP contribution in [-0.4, -0.2) is 6.54 Å². The number of hydrogen-bond donors (Lipinski definition) is 1. The summed E-state index contributed by atoms with van der Waals surface area (Å²) in [4.78, 5) is 0. The Balaban J connectivity index is 2.23. The molecule has 1 aromatic rings. The van der Waals surface area contributed by atoms with Gasteiger partial charge in [-0.05, 0) is 42.2 Å². The van der Waals surface area contributed by atoms with Gasteiger partial charge in [0.05, 0.1) is 0 Å². The molecule has 2 N–H and O–H groups in total. The number of nitrogens with two attached hydrogens (primary N) is 1. The minimum absolute atomic E-state index is 0.253. The Morgan fingerprint density at radius 1 is 1.24 bits per heavy atom. The third-order valence-electron chi connectivity index (χ3n) is 4.61. The zero-order valence-corrected chi connectivity index (χ0v) is 11.6. The molecule has 17 heavy (non-hydrogen) atoms. The van der Waals surface area contributed by atoms with E-state index >= 15 is 0 Å². The number of hydrogen-bond acceptors (Lipinski definition) is 1. The number of aryl methyl sites for hydroxylation is 1. The lowest BCUT2D eigenvalue weighted by atomic mass is 9.52. The summed E-state index contributed by atoms with van der Waals surface area (Å²) in [5, 5.41) is 0. The van der Waals surface area contributed by atoms with Crippen molar-refractivity contribution < 1.29 is 0 Å². The molecule has 0 unspecified atom stereocenters. The molecule has 94 valence electrons. The van der Waals surface area contributed by atoms with E-state index in [2.05, 4.69) is 52.0 Å². The van der Waals surface area contributed by atoms with E-state index in [0.717, 1.165) is 12.5 Å². The van der Waals surface area contributed by atoms with Gasteiger partial charge < -0.3 is 5.73 Å². The van der Waals surface area contributed by atoms with Crippen molar-refractivity contribution in [1.29, 1.82) is 0 Å². The van der Waals surface area contributed by atoms with Crippen LogP contribution in [0.25, 0.3) is 0 Å². The molecule has 0 amide bonds. The van der Waals surface area contributed by atoms with Gasteiger partial charge in [-0.2, -0.15) is 0 Å². The van der Waals surface area contributed by atoms with Crippen molar-refractivity contribution in [2.75, 3.05) is 6.54 Å². The molecule has 1 fully saturated rings. The second-order valence-corrected chi connectivity index (χ2v) is 6.77. The van der Waals surface area contributed by atoms with Crippen LogP contribution in [0.2, 0.25) is 0 Å². The van der Waals surface area contributed by atoms with Gasteiger partial charge in [-0.1, -0.05) is 45.0 Å². The fourth-order valence-electron chi connectivity index (χ4n) is 3.16. The van der Waals surface area contributed by atoms with E-state index in [1.165, 1.54) is 24.0 Å². The van der Waals surface area contributed by atoms with Gasteiger partial charge in [0.1, 0.15) is 0 Å². The lowest BCUT2D eigenvalue weighted by molar-refractivity contribution is 0.0500. The standard InChI is InChI=1S/C16H25N/c1-12-7-5-6-8-14(12)16(11-17)9-13(10-16)15(2,3)4/h5-8,13H,9-11,17H2,1-4H3. The molecule has 1 nitrogen and oxygen atoms in total. The lowest BCUT2D eigenvalue weighted by Crippen LogP contribution is -2.51. The number of benzene rings is 1. The Hall–Kier alpha value is -0.820. The average Bonchev–Trinajstić information content (AvgIpc) is 2.18. The zero-order chi connectivity index (χ0) is 12.7. The summed E-state index contributed by atoms with van der Waals surface area (Å²) in [5.41, 5.74) is 9.62. The second-order valence-electron chi connectivity index (χ2n) is 6.77. The molecule has 1 saturated carbocycles. The van der Waals surface area contributed by atoms with E-state index in [1.807, 2.05) is 0 Å². The summed E-state index contributed by atoms with van der Waals surface area (Å²) in [6.45, 7) is 10.0. The molecule has 1 aromatic carbocycles. The number of rotatable bonds is 2. The monoisotopic (exact) mass is 231 g/mol. The molecule has 1 heteroatoms. The predicted molar refractivity (Wildman–Crippen MR) is 74.1 cm³/mol. The molecule has 1 aliphatic rings. The SMILES string of the molecule is Cc1ccccc1C1(CN)CC(C(C)(C)C)C1. The largest absolute Gasteiger partial charge is 0.330 e. The van der Waals surface area contributed by atoms with Crippen LogP contribution < -0.4 is 5.73 Å². The van der Waals surface area contributed by atoms with Gasteiger partial charge in [0.15, 0.2) is 0 Å².